The predicted molar refractivity (Wildman–Crippen MR) is 125 cm³/mol. The third-order valence-corrected chi connectivity index (χ3v) is 6.62. The molecule has 1 aliphatic heterocycles. The molecule has 1 atom stereocenters. The minimum Gasteiger partial charge on any atom is -0.449 e. The van der Waals surface area contributed by atoms with Crippen LogP contribution in [0.4, 0.5) is 21.9 Å². The van der Waals surface area contributed by atoms with Crippen LogP contribution < -0.4 is 14.5 Å². The first kappa shape index (κ1) is 23.6. The molecule has 2 aromatic rings. The zero-order valence-corrected chi connectivity index (χ0v) is 19.6. The van der Waals surface area contributed by atoms with Gasteiger partial charge in [-0.3, -0.25) is 14.4 Å². The highest BCUT2D eigenvalue weighted by Crippen LogP contribution is 2.39. The van der Waals surface area contributed by atoms with Crippen molar-refractivity contribution < 1.29 is 22.7 Å². The fraction of sp³-hybridized carbons (Fsp3) is 0.364. The molecule has 0 saturated carbocycles. The van der Waals surface area contributed by atoms with Crippen molar-refractivity contribution in [3.8, 4) is 11.1 Å². The van der Waals surface area contributed by atoms with Crippen LogP contribution in [-0.4, -0.2) is 58.0 Å². The smallest absolute Gasteiger partial charge is 0.414 e. The van der Waals surface area contributed by atoms with Gasteiger partial charge >= 0.3 is 16.3 Å². The quantitative estimate of drug-likeness (QED) is 0.738. The molecule has 2 amide bonds. The number of fused-ring (bicyclic) bond motifs is 1. The van der Waals surface area contributed by atoms with Crippen molar-refractivity contribution in [2.24, 2.45) is 0 Å². The van der Waals surface area contributed by atoms with Crippen LogP contribution in [-0.2, 0) is 19.7 Å². The molecular weight excluding hydrogens is 432 g/mol. The number of anilines is 3. The van der Waals surface area contributed by atoms with Crippen molar-refractivity contribution in [2.75, 3.05) is 41.8 Å². The maximum Gasteiger partial charge on any atom is 0.414 e. The van der Waals surface area contributed by atoms with E-state index >= 15 is 0 Å². The summed E-state index contributed by atoms with van der Waals surface area (Å²) in [6, 6.07) is 12.2. The number of nitrogens with zero attached hydrogens (tertiary/aromatic N) is 3. The number of rotatable bonds is 5. The highest BCUT2D eigenvalue weighted by atomic mass is 32.2. The molecule has 172 valence electrons. The molecule has 0 saturated heterocycles. The Morgan fingerprint density at radius 1 is 1.12 bits per heavy atom. The van der Waals surface area contributed by atoms with E-state index in [-0.39, 0.29) is 18.6 Å². The molecule has 1 heterocycles. The van der Waals surface area contributed by atoms with Crippen molar-refractivity contribution in [3.63, 3.8) is 0 Å². The van der Waals surface area contributed by atoms with Crippen LogP contribution in [0.5, 0.6) is 0 Å². The molecule has 3 rings (SSSR count). The topological polar surface area (TPSA) is 99.3 Å². The zero-order valence-electron chi connectivity index (χ0n) is 18.8. The Balaban J connectivity index is 2.06. The molecule has 10 heteroatoms. The Morgan fingerprint density at radius 3 is 2.44 bits per heavy atom. The van der Waals surface area contributed by atoms with Crippen LogP contribution in [0.15, 0.2) is 42.5 Å². The summed E-state index contributed by atoms with van der Waals surface area (Å²) in [6.07, 6.45) is -0.478. The summed E-state index contributed by atoms with van der Waals surface area (Å²) < 4.78 is 33.2. The number of nitrogens with one attached hydrogen (secondary N) is 1. The van der Waals surface area contributed by atoms with E-state index in [0.717, 1.165) is 15.4 Å². The van der Waals surface area contributed by atoms with E-state index in [1.54, 1.807) is 36.1 Å². The number of carbonyl (C=O) groups excluding carboxylic acids is 2. The molecule has 32 heavy (non-hydrogen) atoms. The summed E-state index contributed by atoms with van der Waals surface area (Å²) in [6.45, 7) is 5.66. The molecular formula is C22H28N4O5S. The fourth-order valence-electron chi connectivity index (χ4n) is 3.66. The van der Waals surface area contributed by atoms with E-state index in [9.17, 15) is 18.0 Å². The minimum atomic E-state index is -3.64. The molecule has 1 N–H and O–H groups in total. The number of carbonyl (C=O) groups is 2. The molecule has 0 aliphatic carbocycles. The lowest BCUT2D eigenvalue weighted by Crippen LogP contribution is -2.51. The average Bonchev–Trinajstić information content (AvgIpc) is 2.72. The van der Waals surface area contributed by atoms with E-state index in [1.165, 1.54) is 25.9 Å². The minimum absolute atomic E-state index is 0.116. The largest absolute Gasteiger partial charge is 0.449 e. The van der Waals surface area contributed by atoms with Crippen molar-refractivity contribution in [1.29, 1.82) is 0 Å². The van der Waals surface area contributed by atoms with Crippen LogP contribution in [0.1, 0.15) is 20.8 Å². The van der Waals surface area contributed by atoms with E-state index in [2.05, 4.69) is 4.72 Å². The first-order valence-corrected chi connectivity index (χ1v) is 11.7. The lowest BCUT2D eigenvalue weighted by Gasteiger charge is -2.40. The number of hydrogen-bond acceptors (Lipinski definition) is 5. The molecule has 0 spiro atoms. The highest BCUT2D eigenvalue weighted by Gasteiger charge is 2.34. The summed E-state index contributed by atoms with van der Waals surface area (Å²) in [5.41, 5.74) is 3.12. The van der Waals surface area contributed by atoms with Gasteiger partial charge in [-0.25, -0.2) is 4.79 Å². The van der Waals surface area contributed by atoms with Gasteiger partial charge in [0.05, 0.1) is 29.7 Å². The normalized spacial score (nSPS) is 16.0. The van der Waals surface area contributed by atoms with Gasteiger partial charge in [-0.1, -0.05) is 18.2 Å². The Hall–Kier alpha value is -3.11. The second-order valence-corrected chi connectivity index (χ2v) is 9.61. The van der Waals surface area contributed by atoms with Gasteiger partial charge in [0.15, 0.2) is 0 Å². The summed E-state index contributed by atoms with van der Waals surface area (Å²) in [5.74, 6) is -0.116. The Labute approximate surface area is 188 Å². The van der Waals surface area contributed by atoms with Gasteiger partial charge in [0, 0.05) is 27.6 Å². The monoisotopic (exact) mass is 460 g/mol. The standard InChI is InChI=1S/C22H28N4O5S/c1-6-31-22(28)25-14-15(2)26(16(3)27)20-11-10-18(13-21(20)25)17-8-7-9-19(12-17)23-32(29,30)24(4)5/h7-13,15,23H,6,14H2,1-5H3/t15-/m0/s1. The van der Waals surface area contributed by atoms with Crippen molar-refractivity contribution >= 4 is 39.3 Å². The lowest BCUT2D eigenvalue weighted by atomic mass is 10.0. The SMILES string of the molecule is CCOC(=O)N1C[C@H](C)N(C(C)=O)c2ccc(-c3cccc(NS(=O)(=O)N(C)C)c3)cc21. The first-order valence-electron chi connectivity index (χ1n) is 10.2. The second-order valence-electron chi connectivity index (χ2n) is 7.72. The number of amides is 2. The van der Waals surface area contributed by atoms with E-state index in [0.29, 0.717) is 23.6 Å². The molecule has 1 aliphatic rings. The van der Waals surface area contributed by atoms with Crippen LogP contribution >= 0.6 is 0 Å². The molecule has 0 aromatic heterocycles. The van der Waals surface area contributed by atoms with Crippen LogP contribution in [0.3, 0.4) is 0 Å². The zero-order chi connectivity index (χ0) is 23.6. The first-order chi connectivity index (χ1) is 15.0. The number of ether oxygens (including phenoxy) is 1. The maximum absolute atomic E-state index is 12.6. The van der Waals surface area contributed by atoms with Crippen molar-refractivity contribution in [3.05, 3.63) is 42.5 Å². The van der Waals surface area contributed by atoms with Gasteiger partial charge in [-0.05, 0) is 49.2 Å². The molecule has 0 radical (unpaired) electrons. The van der Waals surface area contributed by atoms with E-state index < -0.39 is 16.3 Å². The summed E-state index contributed by atoms with van der Waals surface area (Å²) >= 11 is 0. The fourth-order valence-corrected chi connectivity index (χ4v) is 4.27. The summed E-state index contributed by atoms with van der Waals surface area (Å²) in [4.78, 5) is 28.1. The lowest BCUT2D eigenvalue weighted by molar-refractivity contribution is -0.117. The molecule has 9 nitrogen and oxygen atoms in total. The van der Waals surface area contributed by atoms with Gasteiger partial charge in [0.1, 0.15) is 0 Å². The van der Waals surface area contributed by atoms with E-state index in [1.807, 2.05) is 25.1 Å². The van der Waals surface area contributed by atoms with Crippen LogP contribution in [0.25, 0.3) is 11.1 Å². The van der Waals surface area contributed by atoms with Gasteiger partial charge in [0.2, 0.25) is 5.91 Å². The van der Waals surface area contributed by atoms with Crippen LogP contribution in [0, 0.1) is 0 Å². The molecule has 0 fully saturated rings. The number of hydrogen-bond donors (Lipinski definition) is 1. The van der Waals surface area contributed by atoms with Gasteiger partial charge in [-0.2, -0.15) is 12.7 Å². The predicted octanol–water partition coefficient (Wildman–Crippen LogP) is 3.29. The maximum atomic E-state index is 12.6. The average molecular weight is 461 g/mol. The Kier molecular flexibility index (Phi) is 6.75. The molecule has 0 unspecified atom stereocenters. The van der Waals surface area contributed by atoms with Crippen molar-refractivity contribution in [1.82, 2.24) is 4.31 Å². The number of benzene rings is 2. The summed E-state index contributed by atoms with van der Waals surface area (Å²) in [5, 5.41) is 0. The van der Waals surface area contributed by atoms with Gasteiger partial charge in [-0.15, -0.1) is 0 Å². The van der Waals surface area contributed by atoms with Gasteiger partial charge < -0.3 is 9.64 Å². The second kappa shape index (κ2) is 9.17. The third kappa shape index (κ3) is 4.71. The molecule has 0 bridgehead atoms. The van der Waals surface area contributed by atoms with Gasteiger partial charge in [0.25, 0.3) is 0 Å². The van der Waals surface area contributed by atoms with E-state index in [4.69, 9.17) is 4.74 Å². The van der Waals surface area contributed by atoms with Crippen molar-refractivity contribution in [2.45, 2.75) is 26.8 Å². The Morgan fingerprint density at radius 2 is 1.81 bits per heavy atom. The van der Waals surface area contributed by atoms with Crippen LogP contribution in [0.2, 0.25) is 0 Å². The summed E-state index contributed by atoms with van der Waals surface area (Å²) in [7, 11) is -0.752. The third-order valence-electron chi connectivity index (χ3n) is 5.16. The Bertz CT molecular complexity index is 1130. The highest BCUT2D eigenvalue weighted by molar-refractivity contribution is 7.90. The molecule has 2 aromatic carbocycles.